The highest BCUT2D eigenvalue weighted by Crippen LogP contribution is 2.32. The molecule has 3 heteroatoms. The molecular formula is C26H45F3. The summed E-state index contributed by atoms with van der Waals surface area (Å²) in [7, 11) is 0. The number of rotatable bonds is 15. The summed E-state index contributed by atoms with van der Waals surface area (Å²) in [5.74, 6) is 0.849. The standard InChI is InChI=1S/C26H45F3/c1-16(2)11-12-18(5)21(8)15-24(27)22(9)19(6)13-14-20(7)23(10)26(29)25(28)17(3)4/h16,18-19,21,23-26H,3,7,9,11-15H2,1-2,4-6,8,10H3. The summed E-state index contributed by atoms with van der Waals surface area (Å²) < 4.78 is 43.0. The minimum absolute atomic E-state index is 0.0208. The van der Waals surface area contributed by atoms with Crippen LogP contribution in [0.15, 0.2) is 36.5 Å². The van der Waals surface area contributed by atoms with E-state index in [-0.39, 0.29) is 11.5 Å². The zero-order valence-electron chi connectivity index (χ0n) is 19.9. The lowest BCUT2D eigenvalue weighted by molar-refractivity contribution is 0.154. The molecule has 0 nitrogen and oxygen atoms in total. The first-order chi connectivity index (χ1) is 13.3. The zero-order chi connectivity index (χ0) is 22.9. The topological polar surface area (TPSA) is 0 Å². The Balaban J connectivity index is 4.54. The molecule has 7 unspecified atom stereocenters. The van der Waals surface area contributed by atoms with Gasteiger partial charge in [-0.25, -0.2) is 13.2 Å². The van der Waals surface area contributed by atoms with Crippen molar-refractivity contribution in [2.45, 2.75) is 99.1 Å². The summed E-state index contributed by atoms with van der Waals surface area (Å²) in [6.45, 7) is 25.3. The van der Waals surface area contributed by atoms with Crippen LogP contribution < -0.4 is 0 Å². The zero-order valence-corrected chi connectivity index (χ0v) is 19.9. The molecule has 0 aromatic rings. The Morgan fingerprint density at radius 2 is 1.34 bits per heavy atom. The lowest BCUT2D eigenvalue weighted by Crippen LogP contribution is -2.27. The highest BCUT2D eigenvalue weighted by atomic mass is 19.2. The van der Waals surface area contributed by atoms with Gasteiger partial charge in [0.2, 0.25) is 0 Å². The maximum atomic E-state index is 14.8. The van der Waals surface area contributed by atoms with Crippen molar-refractivity contribution in [2.24, 2.45) is 29.6 Å². The van der Waals surface area contributed by atoms with Crippen LogP contribution in [0.4, 0.5) is 13.2 Å². The smallest absolute Gasteiger partial charge is 0.152 e. The van der Waals surface area contributed by atoms with Crippen molar-refractivity contribution >= 4 is 0 Å². The molecule has 0 saturated heterocycles. The van der Waals surface area contributed by atoms with Gasteiger partial charge in [0.25, 0.3) is 0 Å². The van der Waals surface area contributed by atoms with Crippen LogP contribution in [0.3, 0.4) is 0 Å². The Morgan fingerprint density at radius 1 is 0.793 bits per heavy atom. The average molecular weight is 415 g/mol. The first-order valence-corrected chi connectivity index (χ1v) is 11.2. The van der Waals surface area contributed by atoms with Crippen LogP contribution in [-0.2, 0) is 0 Å². The van der Waals surface area contributed by atoms with Gasteiger partial charge in [-0.3, -0.25) is 0 Å². The number of allylic oxidation sites excluding steroid dienone is 3. The minimum atomic E-state index is -1.68. The second kappa shape index (κ2) is 13.3. The molecule has 0 bridgehead atoms. The van der Waals surface area contributed by atoms with Crippen LogP contribution in [0, 0.1) is 29.6 Å². The van der Waals surface area contributed by atoms with Crippen LogP contribution in [-0.4, -0.2) is 18.5 Å². The number of hydrogen-bond acceptors (Lipinski definition) is 0. The summed E-state index contributed by atoms with van der Waals surface area (Å²) in [5, 5.41) is 0. The summed E-state index contributed by atoms with van der Waals surface area (Å²) >= 11 is 0. The molecule has 170 valence electrons. The Morgan fingerprint density at radius 3 is 1.83 bits per heavy atom. The molecule has 29 heavy (non-hydrogen) atoms. The van der Waals surface area contributed by atoms with Crippen LogP contribution >= 0.6 is 0 Å². The van der Waals surface area contributed by atoms with Crippen LogP contribution in [0.25, 0.3) is 0 Å². The summed E-state index contributed by atoms with van der Waals surface area (Å²) in [6.07, 6.45) is -0.372. The molecule has 0 N–H and O–H groups in total. The van der Waals surface area contributed by atoms with Crippen molar-refractivity contribution in [3.63, 3.8) is 0 Å². The lowest BCUT2D eigenvalue weighted by atomic mass is 9.82. The molecule has 0 radical (unpaired) electrons. The molecule has 0 fully saturated rings. The van der Waals surface area contributed by atoms with E-state index >= 15 is 0 Å². The number of alkyl halides is 3. The molecule has 0 heterocycles. The Kier molecular flexibility index (Phi) is 12.9. The van der Waals surface area contributed by atoms with E-state index in [9.17, 15) is 13.2 Å². The van der Waals surface area contributed by atoms with Crippen molar-refractivity contribution in [3.8, 4) is 0 Å². The molecule has 0 amide bonds. The highest BCUT2D eigenvalue weighted by molar-refractivity contribution is 5.11. The van der Waals surface area contributed by atoms with E-state index in [0.29, 0.717) is 48.2 Å². The van der Waals surface area contributed by atoms with Gasteiger partial charge in [-0.05, 0) is 61.0 Å². The molecule has 0 aromatic carbocycles. The second-order valence-electron chi connectivity index (χ2n) is 9.78. The van der Waals surface area contributed by atoms with Gasteiger partial charge in [-0.15, -0.1) is 0 Å². The summed E-state index contributed by atoms with van der Waals surface area (Å²) in [4.78, 5) is 0. The van der Waals surface area contributed by atoms with Crippen molar-refractivity contribution in [2.75, 3.05) is 0 Å². The van der Waals surface area contributed by atoms with E-state index in [1.54, 1.807) is 6.92 Å². The van der Waals surface area contributed by atoms with Crippen LogP contribution in [0.5, 0.6) is 0 Å². The van der Waals surface area contributed by atoms with E-state index in [1.165, 1.54) is 13.3 Å². The summed E-state index contributed by atoms with van der Waals surface area (Å²) in [6, 6.07) is 0. The first-order valence-electron chi connectivity index (χ1n) is 11.2. The molecule has 0 aliphatic rings. The third-order valence-corrected chi connectivity index (χ3v) is 6.56. The Hall–Kier alpha value is -0.990. The van der Waals surface area contributed by atoms with E-state index in [1.807, 2.05) is 6.92 Å². The Bertz CT molecular complexity index is 522. The molecule has 0 rings (SSSR count). The van der Waals surface area contributed by atoms with Gasteiger partial charge in [0.15, 0.2) is 6.17 Å². The minimum Gasteiger partial charge on any atom is -0.243 e. The highest BCUT2D eigenvalue weighted by Gasteiger charge is 2.29. The van der Waals surface area contributed by atoms with Gasteiger partial charge in [0.05, 0.1) is 0 Å². The van der Waals surface area contributed by atoms with E-state index in [2.05, 4.69) is 47.4 Å². The van der Waals surface area contributed by atoms with Crippen molar-refractivity contribution in [1.82, 2.24) is 0 Å². The van der Waals surface area contributed by atoms with Gasteiger partial charge in [-0.2, -0.15) is 0 Å². The Labute approximate surface area is 178 Å². The molecule has 0 aromatic heterocycles. The molecular weight excluding hydrogens is 369 g/mol. The van der Waals surface area contributed by atoms with E-state index in [4.69, 9.17) is 0 Å². The largest absolute Gasteiger partial charge is 0.243 e. The SMILES string of the molecule is C=C(C(C)CCC(=C)C(C)C(F)C(F)C(=C)C)C(F)CC(C)C(C)CCC(C)C. The fourth-order valence-electron chi connectivity index (χ4n) is 3.46. The quantitative estimate of drug-likeness (QED) is 0.235. The molecule has 0 aliphatic heterocycles. The maximum absolute atomic E-state index is 14.8. The second-order valence-corrected chi connectivity index (χ2v) is 9.78. The van der Waals surface area contributed by atoms with Gasteiger partial charge in [0.1, 0.15) is 12.3 Å². The fourth-order valence-corrected chi connectivity index (χ4v) is 3.46. The third-order valence-electron chi connectivity index (χ3n) is 6.56. The molecule has 0 spiro atoms. The monoisotopic (exact) mass is 414 g/mol. The van der Waals surface area contributed by atoms with Crippen molar-refractivity contribution in [1.29, 1.82) is 0 Å². The lowest BCUT2D eigenvalue weighted by Gasteiger charge is -2.26. The molecule has 0 aliphatic carbocycles. The van der Waals surface area contributed by atoms with E-state index < -0.39 is 24.4 Å². The first kappa shape index (κ1) is 28.0. The van der Waals surface area contributed by atoms with Gasteiger partial charge in [-0.1, -0.05) is 79.7 Å². The van der Waals surface area contributed by atoms with Gasteiger partial charge in [0, 0.05) is 5.92 Å². The molecule has 7 atom stereocenters. The average Bonchev–Trinajstić information content (AvgIpc) is 2.66. The third kappa shape index (κ3) is 10.0. The predicted molar refractivity (Wildman–Crippen MR) is 122 cm³/mol. The summed E-state index contributed by atoms with van der Waals surface area (Å²) in [5.41, 5.74) is 1.46. The molecule has 0 saturated carbocycles. The number of hydrogen-bond donors (Lipinski definition) is 0. The van der Waals surface area contributed by atoms with Crippen molar-refractivity contribution in [3.05, 3.63) is 36.5 Å². The van der Waals surface area contributed by atoms with Crippen molar-refractivity contribution < 1.29 is 13.2 Å². The van der Waals surface area contributed by atoms with Crippen LogP contribution in [0.1, 0.15) is 80.6 Å². The normalized spacial score (nSPS) is 19.1. The van der Waals surface area contributed by atoms with E-state index in [0.717, 1.165) is 6.42 Å². The van der Waals surface area contributed by atoms with Gasteiger partial charge < -0.3 is 0 Å². The predicted octanol–water partition coefficient (Wildman–Crippen LogP) is 8.84. The number of halogens is 3. The van der Waals surface area contributed by atoms with Crippen LogP contribution in [0.2, 0.25) is 0 Å². The maximum Gasteiger partial charge on any atom is 0.152 e. The fraction of sp³-hybridized carbons (Fsp3) is 0.769. The van der Waals surface area contributed by atoms with Gasteiger partial charge >= 0.3 is 0 Å².